The molecule has 1 N–H and O–H groups in total. The van der Waals surface area contributed by atoms with Crippen LogP contribution in [0.3, 0.4) is 0 Å². The maximum Gasteiger partial charge on any atom is 0.270 e. The molecule has 0 atom stereocenters. The van der Waals surface area contributed by atoms with Crippen molar-refractivity contribution in [3.63, 3.8) is 0 Å². The molecule has 2 aromatic heterocycles. The van der Waals surface area contributed by atoms with Crippen LogP contribution in [0, 0.1) is 5.82 Å². The first-order chi connectivity index (χ1) is 14.5. The summed E-state index contributed by atoms with van der Waals surface area (Å²) in [5, 5.41) is 2.63. The zero-order valence-electron chi connectivity index (χ0n) is 16.1. The summed E-state index contributed by atoms with van der Waals surface area (Å²) < 4.78 is 19.8. The third-order valence-corrected chi connectivity index (χ3v) is 4.71. The second kappa shape index (κ2) is 8.16. The fraction of sp³-hybridized carbons (Fsp3) is 0.0870. The van der Waals surface area contributed by atoms with Gasteiger partial charge in [-0.2, -0.15) is 0 Å². The Hall–Kier alpha value is -4.00. The Kier molecular flexibility index (Phi) is 5.26. The molecule has 0 bridgehead atoms. The number of halogens is 1. The van der Waals surface area contributed by atoms with Gasteiger partial charge in [0.05, 0.1) is 7.11 Å². The van der Waals surface area contributed by atoms with Gasteiger partial charge in [-0.25, -0.2) is 9.37 Å². The lowest BCUT2D eigenvalue weighted by atomic mass is 10.1. The van der Waals surface area contributed by atoms with E-state index in [-0.39, 0.29) is 17.9 Å². The molecule has 0 aliphatic carbocycles. The molecule has 0 saturated heterocycles. The maximum atomic E-state index is 13.3. The summed E-state index contributed by atoms with van der Waals surface area (Å²) in [5.74, 6) is -0.225. The quantitative estimate of drug-likeness (QED) is 0.554. The van der Waals surface area contributed by atoms with E-state index in [0.29, 0.717) is 11.2 Å². The molecule has 7 heteroatoms. The van der Waals surface area contributed by atoms with Gasteiger partial charge < -0.3 is 10.1 Å². The van der Waals surface area contributed by atoms with E-state index in [0.717, 1.165) is 16.9 Å². The van der Waals surface area contributed by atoms with Crippen LogP contribution in [-0.4, -0.2) is 22.4 Å². The van der Waals surface area contributed by atoms with Crippen molar-refractivity contribution >= 4 is 11.6 Å². The highest BCUT2D eigenvalue weighted by molar-refractivity contribution is 5.93. The van der Waals surface area contributed by atoms with Gasteiger partial charge in [0.25, 0.3) is 11.5 Å². The molecule has 0 fully saturated rings. The number of hydrogen-bond acceptors (Lipinski definition) is 4. The molecule has 0 spiro atoms. The van der Waals surface area contributed by atoms with E-state index >= 15 is 0 Å². The van der Waals surface area contributed by atoms with E-state index in [4.69, 9.17) is 4.74 Å². The number of hydrogen-bond donors (Lipinski definition) is 1. The number of methoxy groups -OCH3 is 1. The van der Waals surface area contributed by atoms with E-state index < -0.39 is 11.5 Å². The van der Waals surface area contributed by atoms with Crippen molar-refractivity contribution in [2.24, 2.45) is 0 Å². The van der Waals surface area contributed by atoms with Gasteiger partial charge in [-0.1, -0.05) is 24.3 Å². The van der Waals surface area contributed by atoms with Gasteiger partial charge in [0, 0.05) is 18.9 Å². The van der Waals surface area contributed by atoms with Gasteiger partial charge in [-0.3, -0.25) is 14.0 Å². The predicted octanol–water partition coefficient (Wildman–Crippen LogP) is 3.44. The van der Waals surface area contributed by atoms with Crippen LogP contribution in [0.15, 0.2) is 77.9 Å². The average molecular weight is 403 g/mol. The van der Waals surface area contributed by atoms with Gasteiger partial charge in [0.15, 0.2) is 0 Å². The number of carbonyl (C=O) groups excluding carboxylic acids is 1. The molecule has 4 rings (SSSR count). The highest BCUT2D eigenvalue weighted by Gasteiger charge is 2.14. The lowest BCUT2D eigenvalue weighted by Gasteiger charge is -2.09. The summed E-state index contributed by atoms with van der Waals surface area (Å²) in [6.45, 7) is 0.102. The molecule has 150 valence electrons. The maximum absolute atomic E-state index is 13.3. The molecule has 1 amide bonds. The summed E-state index contributed by atoms with van der Waals surface area (Å²) in [4.78, 5) is 29.6. The fourth-order valence-electron chi connectivity index (χ4n) is 3.11. The summed E-state index contributed by atoms with van der Waals surface area (Å²) in [5.41, 5.74) is 2.15. The monoisotopic (exact) mass is 403 g/mol. The molecule has 30 heavy (non-hydrogen) atoms. The van der Waals surface area contributed by atoms with Gasteiger partial charge in [-0.05, 0) is 53.1 Å². The van der Waals surface area contributed by atoms with Crippen LogP contribution >= 0.6 is 0 Å². The first kappa shape index (κ1) is 19.3. The van der Waals surface area contributed by atoms with Crippen LogP contribution in [0.25, 0.3) is 16.8 Å². The summed E-state index contributed by atoms with van der Waals surface area (Å²) >= 11 is 0. The molecule has 0 unspecified atom stereocenters. The van der Waals surface area contributed by atoms with E-state index in [1.54, 1.807) is 31.5 Å². The average Bonchev–Trinajstić information content (AvgIpc) is 2.78. The minimum Gasteiger partial charge on any atom is -0.497 e. The molecule has 0 aliphatic heterocycles. The summed E-state index contributed by atoms with van der Waals surface area (Å²) in [7, 11) is 1.59. The summed E-state index contributed by atoms with van der Waals surface area (Å²) in [6.07, 6.45) is 2.90. The first-order valence-electron chi connectivity index (χ1n) is 9.23. The number of aromatic nitrogens is 2. The van der Waals surface area contributed by atoms with Crippen LogP contribution in [0.4, 0.5) is 4.39 Å². The van der Waals surface area contributed by atoms with Crippen LogP contribution in [0.5, 0.6) is 5.75 Å². The molecular weight excluding hydrogens is 385 g/mol. The van der Waals surface area contributed by atoms with Crippen molar-refractivity contribution in [2.75, 3.05) is 7.11 Å². The van der Waals surface area contributed by atoms with Crippen LogP contribution in [0.2, 0.25) is 0 Å². The van der Waals surface area contributed by atoms with Crippen molar-refractivity contribution in [2.45, 2.75) is 6.54 Å². The number of nitrogens with zero attached hydrogens (tertiary/aromatic N) is 2. The molecule has 0 aliphatic rings. The van der Waals surface area contributed by atoms with Crippen molar-refractivity contribution < 1.29 is 13.9 Å². The molecule has 2 aromatic carbocycles. The van der Waals surface area contributed by atoms with Crippen molar-refractivity contribution in [3.8, 4) is 16.9 Å². The minimum atomic E-state index is -0.569. The second-order valence-corrected chi connectivity index (χ2v) is 6.66. The Bertz CT molecular complexity index is 1280. The highest BCUT2D eigenvalue weighted by atomic mass is 19.1. The summed E-state index contributed by atoms with van der Waals surface area (Å²) in [6, 6.07) is 16.9. The van der Waals surface area contributed by atoms with Crippen LogP contribution in [-0.2, 0) is 6.54 Å². The van der Waals surface area contributed by atoms with Crippen LogP contribution < -0.4 is 15.6 Å². The fourth-order valence-corrected chi connectivity index (χ4v) is 3.11. The number of pyridine rings is 1. The smallest absolute Gasteiger partial charge is 0.270 e. The van der Waals surface area contributed by atoms with E-state index in [1.165, 1.54) is 22.7 Å². The predicted molar refractivity (Wildman–Crippen MR) is 111 cm³/mol. The number of carbonyl (C=O) groups is 1. The molecule has 2 heterocycles. The number of benzene rings is 2. The zero-order valence-corrected chi connectivity index (χ0v) is 16.1. The Morgan fingerprint density at radius 3 is 2.60 bits per heavy atom. The minimum absolute atomic E-state index is 0.0872. The van der Waals surface area contributed by atoms with Gasteiger partial charge in [-0.15, -0.1) is 0 Å². The van der Waals surface area contributed by atoms with Gasteiger partial charge in [0.2, 0.25) is 0 Å². The van der Waals surface area contributed by atoms with E-state index in [1.807, 2.05) is 30.3 Å². The largest absolute Gasteiger partial charge is 0.497 e. The molecule has 0 radical (unpaired) electrons. The van der Waals surface area contributed by atoms with E-state index in [9.17, 15) is 14.0 Å². The normalized spacial score (nSPS) is 10.7. The van der Waals surface area contributed by atoms with Crippen molar-refractivity contribution in [1.29, 1.82) is 0 Å². The molecule has 6 nitrogen and oxygen atoms in total. The zero-order chi connectivity index (χ0) is 21.1. The lowest BCUT2D eigenvalue weighted by Crippen LogP contribution is -2.31. The number of nitrogens with one attached hydrogen (secondary N) is 1. The SMILES string of the molecule is COc1ccc(-c2ccc3ncc(C(=O)NCc4cccc(F)c4)c(=O)n3c2)cc1. The number of amides is 1. The van der Waals surface area contributed by atoms with E-state index in [2.05, 4.69) is 10.3 Å². The first-order valence-corrected chi connectivity index (χ1v) is 9.23. The lowest BCUT2D eigenvalue weighted by molar-refractivity contribution is 0.0949. The van der Waals surface area contributed by atoms with Gasteiger partial charge >= 0.3 is 0 Å². The third kappa shape index (κ3) is 3.91. The second-order valence-electron chi connectivity index (χ2n) is 6.66. The number of fused-ring (bicyclic) bond motifs is 1. The Balaban J connectivity index is 1.63. The Morgan fingerprint density at radius 2 is 1.87 bits per heavy atom. The molecule has 4 aromatic rings. The number of rotatable bonds is 5. The third-order valence-electron chi connectivity index (χ3n) is 4.71. The van der Waals surface area contributed by atoms with Crippen molar-refractivity contribution in [1.82, 2.24) is 14.7 Å². The number of ether oxygens (including phenoxy) is 1. The Morgan fingerprint density at radius 1 is 1.10 bits per heavy atom. The topological polar surface area (TPSA) is 72.7 Å². The van der Waals surface area contributed by atoms with Crippen LogP contribution in [0.1, 0.15) is 15.9 Å². The Labute approximate surface area is 171 Å². The molecule has 0 saturated carbocycles. The van der Waals surface area contributed by atoms with Crippen molar-refractivity contribution in [3.05, 3.63) is 100 Å². The highest BCUT2D eigenvalue weighted by Crippen LogP contribution is 2.22. The molecular formula is C23H18FN3O3. The van der Waals surface area contributed by atoms with Gasteiger partial charge in [0.1, 0.15) is 22.8 Å². The standard InChI is InChI=1S/C23H18FN3O3/c1-30-19-8-5-16(6-9-19)17-7-10-21-25-13-20(23(29)27(21)14-17)22(28)26-12-15-3-2-4-18(24)11-15/h2-11,13-14H,12H2,1H3,(H,26,28).